The lowest BCUT2D eigenvalue weighted by Crippen LogP contribution is -2.01. The summed E-state index contributed by atoms with van der Waals surface area (Å²) in [6, 6.07) is 53.7. The molecule has 0 aliphatic heterocycles. The van der Waals surface area contributed by atoms with Crippen molar-refractivity contribution in [1.82, 2.24) is 19.5 Å². The van der Waals surface area contributed by atoms with Gasteiger partial charge >= 0.3 is 0 Å². The fourth-order valence-corrected chi connectivity index (χ4v) is 9.08. The predicted molar refractivity (Wildman–Crippen MR) is 234 cm³/mol. The van der Waals surface area contributed by atoms with Gasteiger partial charge in [0.2, 0.25) is 0 Å². The quantitative estimate of drug-likeness (QED) is 0.171. The maximum atomic E-state index is 8.92. The zero-order chi connectivity index (χ0) is 41.4. The first-order valence-corrected chi connectivity index (χ1v) is 19.2. The molecule has 11 aromatic rings. The molecule has 0 bridgehead atoms. The van der Waals surface area contributed by atoms with Gasteiger partial charge in [0.1, 0.15) is 0 Å². The SMILES string of the molecule is [2H]c1c([2H])c([2H])c(-c2cccc3c2sc2c(-c4nc(-c5ccccc5)nc(-c5cccc(-c6ccccc6)c5)n4)cc(-n4c5ccccc5c5ccccc54)cc23)c([2H])c1[2H]. The fourth-order valence-electron chi connectivity index (χ4n) is 7.77. The summed E-state index contributed by atoms with van der Waals surface area (Å²) >= 11 is 1.51. The van der Waals surface area contributed by atoms with E-state index < -0.39 is 6.04 Å². The van der Waals surface area contributed by atoms with Crippen molar-refractivity contribution >= 4 is 53.3 Å². The molecule has 3 heterocycles. The minimum atomic E-state index is -0.422. The molecule has 3 aromatic heterocycles. The van der Waals surface area contributed by atoms with E-state index in [-0.39, 0.29) is 29.7 Å². The Labute approximate surface area is 334 Å². The summed E-state index contributed by atoms with van der Waals surface area (Å²) in [4.78, 5) is 15.6. The Morgan fingerprint density at radius 1 is 0.393 bits per heavy atom. The van der Waals surface area contributed by atoms with Crippen LogP contribution in [0.25, 0.3) is 104 Å². The summed E-state index contributed by atoms with van der Waals surface area (Å²) < 4.78 is 47.1. The fraction of sp³-hybridized carbons (Fsp3) is 0. The topological polar surface area (TPSA) is 43.6 Å². The zero-order valence-electron chi connectivity index (χ0n) is 34.8. The van der Waals surface area contributed by atoms with E-state index >= 15 is 0 Å². The number of benzene rings is 8. The van der Waals surface area contributed by atoms with Crippen molar-refractivity contribution < 1.29 is 6.85 Å². The highest BCUT2D eigenvalue weighted by Crippen LogP contribution is 2.46. The molecule has 0 N–H and O–H groups in total. The maximum Gasteiger partial charge on any atom is 0.165 e. The van der Waals surface area contributed by atoms with Crippen molar-refractivity contribution in [1.29, 1.82) is 0 Å². The van der Waals surface area contributed by atoms with Gasteiger partial charge < -0.3 is 4.57 Å². The Morgan fingerprint density at radius 3 is 1.68 bits per heavy atom. The molecule has 0 fully saturated rings. The lowest BCUT2D eigenvalue weighted by molar-refractivity contribution is 1.07. The van der Waals surface area contributed by atoms with E-state index in [9.17, 15) is 0 Å². The lowest BCUT2D eigenvalue weighted by Gasteiger charge is -2.13. The minimum absolute atomic E-state index is 0.166. The van der Waals surface area contributed by atoms with Crippen LogP contribution in [0, 0.1) is 0 Å². The number of fused-ring (bicyclic) bond motifs is 6. The lowest BCUT2D eigenvalue weighted by atomic mass is 10.0. The second kappa shape index (κ2) is 13.3. The molecule has 0 radical (unpaired) electrons. The van der Waals surface area contributed by atoms with Gasteiger partial charge in [-0.15, -0.1) is 11.3 Å². The predicted octanol–water partition coefficient (Wildman–Crippen LogP) is 13.7. The molecule has 11 rings (SSSR count). The Balaban J connectivity index is 1.24. The number of hydrogen-bond donors (Lipinski definition) is 0. The summed E-state index contributed by atoms with van der Waals surface area (Å²) in [6.45, 7) is 0. The molecule has 56 heavy (non-hydrogen) atoms. The van der Waals surface area contributed by atoms with Crippen LogP contribution in [0.1, 0.15) is 6.85 Å². The van der Waals surface area contributed by atoms with Crippen molar-refractivity contribution in [2.24, 2.45) is 0 Å². The molecule has 262 valence electrons. The van der Waals surface area contributed by atoms with E-state index in [1.165, 1.54) is 11.3 Å². The highest BCUT2D eigenvalue weighted by Gasteiger charge is 2.21. The summed E-state index contributed by atoms with van der Waals surface area (Å²) in [5, 5.41) is 4.08. The highest BCUT2D eigenvalue weighted by molar-refractivity contribution is 7.26. The van der Waals surface area contributed by atoms with E-state index in [1.54, 1.807) is 0 Å². The van der Waals surface area contributed by atoms with E-state index in [4.69, 9.17) is 21.8 Å². The molecule has 0 atom stereocenters. The third kappa shape index (κ3) is 5.40. The Morgan fingerprint density at radius 2 is 0.946 bits per heavy atom. The maximum absolute atomic E-state index is 8.92. The average Bonchev–Trinajstić information content (AvgIpc) is 3.87. The Bertz CT molecular complexity index is 3470. The van der Waals surface area contributed by atoms with Gasteiger partial charge in [-0.3, -0.25) is 0 Å². The smallest absolute Gasteiger partial charge is 0.165 e. The number of hydrogen-bond acceptors (Lipinski definition) is 4. The number of rotatable bonds is 6. The summed E-state index contributed by atoms with van der Waals surface area (Å²) in [7, 11) is 0. The first-order valence-electron chi connectivity index (χ1n) is 20.9. The van der Waals surface area contributed by atoms with E-state index in [0.717, 1.165) is 75.5 Å². The molecule has 5 heteroatoms. The molecule has 0 aliphatic rings. The molecular weight excluding hydrogens is 701 g/mol. The van der Waals surface area contributed by atoms with Gasteiger partial charge in [-0.05, 0) is 52.6 Å². The van der Waals surface area contributed by atoms with Crippen molar-refractivity contribution in [2.45, 2.75) is 0 Å². The summed E-state index contributed by atoms with van der Waals surface area (Å²) in [5.41, 5.74) is 8.34. The minimum Gasteiger partial charge on any atom is -0.309 e. The van der Waals surface area contributed by atoms with Crippen molar-refractivity contribution in [2.75, 3.05) is 0 Å². The molecule has 0 unspecified atom stereocenters. The second-order valence-electron chi connectivity index (χ2n) is 13.6. The van der Waals surface area contributed by atoms with Crippen LogP contribution in [-0.2, 0) is 0 Å². The van der Waals surface area contributed by atoms with Gasteiger partial charge in [0.15, 0.2) is 17.5 Å². The largest absolute Gasteiger partial charge is 0.309 e. The van der Waals surface area contributed by atoms with Crippen LogP contribution in [0.2, 0.25) is 0 Å². The molecule has 0 saturated carbocycles. The normalized spacial score (nSPS) is 12.8. The van der Waals surface area contributed by atoms with E-state index in [0.29, 0.717) is 23.0 Å². The van der Waals surface area contributed by atoms with Crippen LogP contribution in [0.3, 0.4) is 0 Å². The Hall–Kier alpha value is -7.21. The molecule has 0 spiro atoms. The van der Waals surface area contributed by atoms with Gasteiger partial charge in [-0.2, -0.15) is 0 Å². The molecule has 4 nitrogen and oxygen atoms in total. The number of aromatic nitrogens is 4. The van der Waals surface area contributed by atoms with Gasteiger partial charge in [0, 0.05) is 53.3 Å². The van der Waals surface area contributed by atoms with Crippen LogP contribution in [0.4, 0.5) is 0 Å². The monoisotopic (exact) mass is 737 g/mol. The standard InChI is InChI=1S/C51H32N4S/c1-4-16-33(17-5-1)36-22-14-23-37(30-36)50-52-49(35-20-8-3-9-21-35)53-51(54-50)44-32-38(55-45-28-12-10-24-40(45)41-25-11-13-29-46(41)55)31-43-42-27-15-26-39(47(42)56-48(43)44)34-18-6-2-7-19-34/h1-32H/i2D,6D,7D,18D,19D. The van der Waals surface area contributed by atoms with Crippen molar-refractivity contribution in [3.8, 4) is 62.1 Å². The van der Waals surface area contributed by atoms with Gasteiger partial charge in [0.25, 0.3) is 0 Å². The van der Waals surface area contributed by atoms with Crippen LogP contribution in [-0.4, -0.2) is 19.5 Å². The average molecular weight is 738 g/mol. The zero-order valence-corrected chi connectivity index (χ0v) is 30.6. The van der Waals surface area contributed by atoms with Crippen molar-refractivity contribution in [3.63, 3.8) is 0 Å². The third-order valence-corrected chi connectivity index (χ3v) is 11.6. The molecule has 0 amide bonds. The molecule has 0 aliphatic carbocycles. The molecule has 8 aromatic carbocycles. The first kappa shape index (κ1) is 27.4. The second-order valence-corrected chi connectivity index (χ2v) is 14.7. The van der Waals surface area contributed by atoms with Crippen molar-refractivity contribution in [3.05, 3.63) is 194 Å². The summed E-state index contributed by atoms with van der Waals surface area (Å²) in [6.07, 6.45) is 0. The van der Waals surface area contributed by atoms with Gasteiger partial charge in [0.05, 0.1) is 17.9 Å². The summed E-state index contributed by atoms with van der Waals surface area (Å²) in [5.74, 6) is 1.54. The van der Waals surface area contributed by atoms with Crippen LogP contribution >= 0.6 is 11.3 Å². The van der Waals surface area contributed by atoms with Crippen LogP contribution < -0.4 is 0 Å². The third-order valence-electron chi connectivity index (χ3n) is 10.3. The number of nitrogens with zero attached hydrogens (tertiary/aromatic N) is 4. The van der Waals surface area contributed by atoms with E-state index in [1.807, 2.05) is 78.9 Å². The van der Waals surface area contributed by atoms with Crippen LogP contribution in [0.15, 0.2) is 194 Å². The Kier molecular flexibility index (Phi) is 6.49. The highest BCUT2D eigenvalue weighted by atomic mass is 32.1. The number of para-hydroxylation sites is 2. The first-order chi connectivity index (χ1) is 29.8. The van der Waals surface area contributed by atoms with Gasteiger partial charge in [-0.1, -0.05) is 164 Å². The van der Waals surface area contributed by atoms with Crippen LogP contribution in [0.5, 0.6) is 0 Å². The molecular formula is C51H32N4S. The van der Waals surface area contributed by atoms with Gasteiger partial charge in [-0.25, -0.2) is 15.0 Å². The molecule has 0 saturated heterocycles. The van der Waals surface area contributed by atoms with E-state index in [2.05, 4.69) is 89.5 Å². The number of thiophene rings is 1.